The van der Waals surface area contributed by atoms with E-state index in [9.17, 15) is 35.4 Å². The molecule has 3 aliphatic heterocycles. The van der Waals surface area contributed by atoms with E-state index < -0.39 is 92.3 Å². The van der Waals surface area contributed by atoms with E-state index in [0.717, 1.165) is 25.7 Å². The lowest BCUT2D eigenvalue weighted by molar-refractivity contribution is -0.353. The van der Waals surface area contributed by atoms with Crippen molar-refractivity contribution in [1.82, 2.24) is 0 Å². The minimum atomic E-state index is -1.47. The van der Waals surface area contributed by atoms with E-state index in [4.69, 9.17) is 28.4 Å². The Kier molecular flexibility index (Phi) is 11.6. The molecule has 232 valence electrons. The molecule has 3 saturated heterocycles. The Morgan fingerprint density at radius 2 is 1.60 bits per heavy atom. The first kappa shape index (κ1) is 32.0. The number of aliphatic hydroxyl groups is 5. The van der Waals surface area contributed by atoms with Crippen molar-refractivity contribution >= 4 is 5.97 Å². The summed E-state index contributed by atoms with van der Waals surface area (Å²) in [7, 11) is 0. The van der Waals surface area contributed by atoms with Crippen LogP contribution in [0.2, 0.25) is 0 Å². The van der Waals surface area contributed by atoms with Gasteiger partial charge in [0.15, 0.2) is 18.7 Å². The van der Waals surface area contributed by atoms with Gasteiger partial charge in [-0.05, 0) is 38.5 Å². The Balaban J connectivity index is 1.56. The van der Waals surface area contributed by atoms with Crippen molar-refractivity contribution in [2.24, 2.45) is 5.92 Å². The normalized spacial score (nSPS) is 47.3. The molecule has 6 N–H and O–H groups in total. The number of hydrogen-bond donors (Lipinski definition) is 6. The van der Waals surface area contributed by atoms with Crippen LogP contribution >= 0.6 is 0 Å². The van der Waals surface area contributed by atoms with Crippen LogP contribution in [0.4, 0.5) is 0 Å². The molecule has 1 saturated carbocycles. The van der Waals surface area contributed by atoms with Crippen molar-refractivity contribution in [3.05, 3.63) is 0 Å². The van der Waals surface area contributed by atoms with Crippen LogP contribution in [0.5, 0.6) is 0 Å². The molecule has 13 heteroatoms. The summed E-state index contributed by atoms with van der Waals surface area (Å²) in [5.74, 6) is -1.12. The first-order chi connectivity index (χ1) is 19.2. The van der Waals surface area contributed by atoms with Crippen LogP contribution in [0.25, 0.3) is 0 Å². The number of hydrogen-bond acceptors (Lipinski definition) is 12. The van der Waals surface area contributed by atoms with Crippen LogP contribution in [0.1, 0.15) is 65.2 Å². The summed E-state index contributed by atoms with van der Waals surface area (Å²) >= 11 is 0. The van der Waals surface area contributed by atoms with Gasteiger partial charge in [-0.25, -0.2) is 4.79 Å². The second-order valence-electron chi connectivity index (χ2n) is 11.4. The van der Waals surface area contributed by atoms with Gasteiger partial charge in [0.05, 0.1) is 24.9 Å². The van der Waals surface area contributed by atoms with Crippen molar-refractivity contribution in [3.63, 3.8) is 0 Å². The fourth-order valence-corrected chi connectivity index (χ4v) is 6.20. The minimum absolute atomic E-state index is 0.0186. The van der Waals surface area contributed by atoms with Crippen LogP contribution in [0.15, 0.2) is 0 Å². The van der Waals surface area contributed by atoms with Gasteiger partial charge in [0.25, 0.3) is 0 Å². The highest BCUT2D eigenvalue weighted by Gasteiger charge is 2.51. The van der Waals surface area contributed by atoms with Gasteiger partial charge in [0.2, 0.25) is 0 Å². The van der Waals surface area contributed by atoms with E-state index in [1.807, 2.05) is 6.92 Å². The van der Waals surface area contributed by atoms with E-state index in [2.05, 4.69) is 0 Å². The van der Waals surface area contributed by atoms with Gasteiger partial charge >= 0.3 is 5.97 Å². The number of aliphatic carboxylic acids is 1. The van der Waals surface area contributed by atoms with E-state index in [0.29, 0.717) is 25.9 Å². The molecule has 0 aromatic carbocycles. The lowest BCUT2D eigenvalue weighted by Crippen LogP contribution is -2.63. The van der Waals surface area contributed by atoms with E-state index in [1.165, 1.54) is 0 Å². The first-order valence-corrected chi connectivity index (χ1v) is 14.6. The highest BCUT2D eigenvalue weighted by Crippen LogP contribution is 2.37. The van der Waals surface area contributed by atoms with Crippen molar-refractivity contribution in [2.75, 3.05) is 13.2 Å². The Morgan fingerprint density at radius 1 is 0.825 bits per heavy atom. The van der Waals surface area contributed by atoms with Crippen LogP contribution in [-0.2, 0) is 33.2 Å². The number of carboxylic acid groups (broad SMARTS) is 1. The molecule has 0 radical (unpaired) electrons. The quantitative estimate of drug-likeness (QED) is 0.230. The molecule has 0 aromatic rings. The SMILES string of the molecule is CC[C@@H]1CCC[C@@H](O[C@@H]2OC(CO)[C@H](O)C3O[C@@H](C(=O)O)CCCCCOC32)C1O[C@@H]1OC(C)[C@@H](O)C(O)[C@@H]1O. The Bertz CT molecular complexity index is 800. The van der Waals surface area contributed by atoms with Crippen molar-refractivity contribution in [3.8, 4) is 0 Å². The van der Waals surface area contributed by atoms with Crippen molar-refractivity contribution in [2.45, 2.75) is 145 Å². The van der Waals surface area contributed by atoms with Gasteiger partial charge in [-0.1, -0.05) is 32.6 Å². The van der Waals surface area contributed by atoms with Gasteiger partial charge in [-0.3, -0.25) is 0 Å². The molecule has 1 aliphatic carbocycles. The molecule has 0 aromatic heterocycles. The minimum Gasteiger partial charge on any atom is -0.479 e. The van der Waals surface area contributed by atoms with Crippen LogP contribution in [0, 0.1) is 5.92 Å². The average molecular weight is 579 g/mol. The third kappa shape index (κ3) is 7.14. The van der Waals surface area contributed by atoms with E-state index in [-0.39, 0.29) is 12.3 Å². The lowest BCUT2D eigenvalue weighted by atomic mass is 9.82. The summed E-state index contributed by atoms with van der Waals surface area (Å²) in [6, 6.07) is 0. The maximum Gasteiger partial charge on any atom is 0.332 e. The van der Waals surface area contributed by atoms with Gasteiger partial charge in [-0.15, -0.1) is 0 Å². The Labute approximate surface area is 234 Å². The Morgan fingerprint density at radius 3 is 2.30 bits per heavy atom. The Hall–Kier alpha value is -0.970. The number of rotatable bonds is 7. The average Bonchev–Trinajstić information content (AvgIpc) is 2.94. The summed E-state index contributed by atoms with van der Waals surface area (Å²) in [6.45, 7) is 3.37. The fourth-order valence-electron chi connectivity index (χ4n) is 6.20. The standard InChI is InChI=1S/C27H46O13/c1-3-14-8-7-10-15(22(14)40-26-21(32)20(31)18(29)13(2)36-26)38-27-24-23(19(30)17(12-28)39-27)37-16(25(33)34)9-5-4-6-11-35-24/h13-24,26-32H,3-12H2,1-2H3,(H,33,34)/t13?,14-,15-,16-,17?,18-,19+,20?,21+,22?,23?,24?,26+,27-/m1/s1. The highest BCUT2D eigenvalue weighted by molar-refractivity contribution is 5.72. The molecule has 0 bridgehead atoms. The maximum atomic E-state index is 11.9. The van der Waals surface area contributed by atoms with Crippen molar-refractivity contribution in [1.29, 1.82) is 0 Å². The molecule has 4 fully saturated rings. The summed E-state index contributed by atoms with van der Waals surface area (Å²) in [5, 5.41) is 61.6. The molecule has 0 amide bonds. The summed E-state index contributed by atoms with van der Waals surface area (Å²) in [5.41, 5.74) is 0. The third-order valence-electron chi connectivity index (χ3n) is 8.64. The molecule has 4 rings (SSSR count). The predicted octanol–water partition coefficient (Wildman–Crippen LogP) is -0.330. The van der Waals surface area contributed by atoms with Gasteiger partial charge < -0.3 is 59.1 Å². The van der Waals surface area contributed by atoms with Crippen LogP contribution in [0.3, 0.4) is 0 Å². The number of fused-ring (bicyclic) bond motifs is 1. The maximum absolute atomic E-state index is 11.9. The summed E-state index contributed by atoms with van der Waals surface area (Å²) in [4.78, 5) is 11.9. The predicted molar refractivity (Wildman–Crippen MR) is 136 cm³/mol. The smallest absolute Gasteiger partial charge is 0.332 e. The molecule has 0 spiro atoms. The van der Waals surface area contributed by atoms with Gasteiger partial charge in [0, 0.05) is 6.61 Å². The summed E-state index contributed by atoms with van der Waals surface area (Å²) < 4.78 is 36.4. The lowest BCUT2D eigenvalue weighted by Gasteiger charge is -2.48. The number of carbonyl (C=O) groups is 1. The molecule has 14 atom stereocenters. The largest absolute Gasteiger partial charge is 0.479 e. The highest BCUT2D eigenvalue weighted by atomic mass is 16.7. The fraction of sp³-hybridized carbons (Fsp3) is 0.963. The van der Waals surface area contributed by atoms with Crippen molar-refractivity contribution < 1.29 is 63.9 Å². The molecule has 40 heavy (non-hydrogen) atoms. The zero-order chi connectivity index (χ0) is 29.0. The first-order valence-electron chi connectivity index (χ1n) is 14.6. The van der Waals surface area contributed by atoms with E-state index in [1.54, 1.807) is 6.92 Å². The molecule has 13 nitrogen and oxygen atoms in total. The van der Waals surface area contributed by atoms with Gasteiger partial charge in [0.1, 0.15) is 42.7 Å². The summed E-state index contributed by atoms with van der Waals surface area (Å²) in [6.07, 6.45) is -8.84. The second-order valence-corrected chi connectivity index (χ2v) is 11.4. The zero-order valence-electron chi connectivity index (χ0n) is 23.2. The third-order valence-corrected chi connectivity index (χ3v) is 8.64. The number of aliphatic hydroxyl groups excluding tert-OH is 5. The van der Waals surface area contributed by atoms with Gasteiger partial charge in [-0.2, -0.15) is 0 Å². The monoisotopic (exact) mass is 578 g/mol. The second kappa shape index (κ2) is 14.5. The molecular formula is C27H46O13. The van der Waals surface area contributed by atoms with Crippen LogP contribution in [-0.4, -0.2) is 130 Å². The topological polar surface area (TPSA) is 194 Å². The molecule has 4 aliphatic rings. The molecule has 6 unspecified atom stereocenters. The van der Waals surface area contributed by atoms with E-state index >= 15 is 0 Å². The number of ether oxygens (including phenoxy) is 6. The number of carboxylic acids is 1. The molecule has 3 heterocycles. The molecular weight excluding hydrogens is 532 g/mol. The zero-order valence-corrected chi connectivity index (χ0v) is 23.2. The van der Waals surface area contributed by atoms with Crippen LogP contribution < -0.4 is 0 Å².